The van der Waals surface area contributed by atoms with Crippen LogP contribution in [-0.2, 0) is 6.54 Å². The van der Waals surface area contributed by atoms with Crippen LogP contribution in [0.5, 0.6) is 0 Å². The number of aromatic amines is 1. The van der Waals surface area contributed by atoms with Gasteiger partial charge in [0, 0.05) is 6.54 Å². The van der Waals surface area contributed by atoms with Gasteiger partial charge in [0.2, 0.25) is 0 Å². The molecule has 0 aliphatic heterocycles. The van der Waals surface area contributed by atoms with E-state index in [4.69, 9.17) is 5.26 Å². The first-order valence-corrected chi connectivity index (χ1v) is 6.10. The molecule has 0 saturated heterocycles. The lowest BCUT2D eigenvalue weighted by molar-refractivity contribution is 0.702. The van der Waals surface area contributed by atoms with Gasteiger partial charge in [-0.3, -0.25) is 0 Å². The fraction of sp³-hybridized carbons (Fsp3) is 0.231. The number of imidazole rings is 1. The summed E-state index contributed by atoms with van der Waals surface area (Å²) in [6, 6.07) is 7.67. The smallest absolute Gasteiger partial charge is 0.163 e. The Labute approximate surface area is 109 Å². The normalized spacial score (nSPS) is 10.7. The lowest BCUT2D eigenvalue weighted by atomic mass is 10.2. The summed E-state index contributed by atoms with van der Waals surface area (Å²) in [4.78, 5) is 4.57. The summed E-state index contributed by atoms with van der Waals surface area (Å²) < 4.78 is 2.11. The maximum Gasteiger partial charge on any atom is 0.163 e. The van der Waals surface area contributed by atoms with Gasteiger partial charge in [-0.15, -0.1) is 0 Å². The number of aromatic nitrogens is 5. The van der Waals surface area contributed by atoms with Crippen molar-refractivity contribution in [2.45, 2.75) is 19.9 Å². The molecule has 0 aliphatic carbocycles. The van der Waals surface area contributed by atoms with E-state index in [1.54, 1.807) is 12.3 Å². The lowest BCUT2D eigenvalue weighted by Crippen LogP contribution is -1.99. The van der Waals surface area contributed by atoms with Crippen LogP contribution in [-0.4, -0.2) is 25.0 Å². The second kappa shape index (κ2) is 4.53. The third-order valence-corrected chi connectivity index (χ3v) is 2.97. The average molecular weight is 252 g/mol. The van der Waals surface area contributed by atoms with Crippen molar-refractivity contribution in [1.29, 1.82) is 5.26 Å². The Morgan fingerprint density at radius 2 is 2.32 bits per heavy atom. The molecule has 0 aliphatic rings. The van der Waals surface area contributed by atoms with Crippen LogP contribution in [0.1, 0.15) is 18.9 Å². The number of nitriles is 1. The van der Waals surface area contributed by atoms with Gasteiger partial charge in [-0.25, -0.2) is 4.98 Å². The maximum absolute atomic E-state index is 8.95. The standard InChI is InChI=1S/C13H12N6/c1-2-5-19-12-4-3-9(7-14)6-10(12)16-13(19)11-8-15-18-17-11/h3-4,6,8H,2,5H2,1H3,(H,15,17,18). The molecule has 0 saturated carbocycles. The minimum absolute atomic E-state index is 0.611. The number of aryl methyl sites for hydroxylation is 1. The fourth-order valence-electron chi connectivity index (χ4n) is 2.15. The number of hydrogen-bond acceptors (Lipinski definition) is 4. The molecule has 0 amide bonds. The molecule has 0 atom stereocenters. The van der Waals surface area contributed by atoms with Crippen LogP contribution in [0.15, 0.2) is 24.4 Å². The molecule has 0 fully saturated rings. The van der Waals surface area contributed by atoms with E-state index < -0.39 is 0 Å². The highest BCUT2D eigenvalue weighted by atomic mass is 15.3. The number of fused-ring (bicyclic) bond motifs is 1. The Hall–Kier alpha value is -2.68. The van der Waals surface area contributed by atoms with Gasteiger partial charge in [0.25, 0.3) is 0 Å². The van der Waals surface area contributed by atoms with Gasteiger partial charge in [-0.05, 0) is 24.6 Å². The van der Waals surface area contributed by atoms with E-state index in [2.05, 4.69) is 38.0 Å². The SMILES string of the molecule is CCCn1c(-c2cn[nH]n2)nc2cc(C#N)ccc21. The number of hydrogen-bond donors (Lipinski definition) is 1. The second-order valence-corrected chi connectivity index (χ2v) is 4.26. The molecule has 3 aromatic rings. The van der Waals surface area contributed by atoms with Crippen LogP contribution >= 0.6 is 0 Å². The van der Waals surface area contributed by atoms with Crippen molar-refractivity contribution in [1.82, 2.24) is 25.0 Å². The summed E-state index contributed by atoms with van der Waals surface area (Å²) >= 11 is 0. The van der Waals surface area contributed by atoms with Crippen molar-refractivity contribution in [2.75, 3.05) is 0 Å². The van der Waals surface area contributed by atoms with Crippen molar-refractivity contribution in [3.63, 3.8) is 0 Å². The number of nitrogens with zero attached hydrogens (tertiary/aromatic N) is 5. The minimum Gasteiger partial charge on any atom is -0.323 e. The Morgan fingerprint density at radius 3 is 3.00 bits per heavy atom. The van der Waals surface area contributed by atoms with E-state index in [1.807, 2.05) is 12.1 Å². The molecule has 1 N–H and O–H groups in total. The molecule has 6 heteroatoms. The second-order valence-electron chi connectivity index (χ2n) is 4.26. The summed E-state index contributed by atoms with van der Waals surface area (Å²) in [5.41, 5.74) is 3.15. The van der Waals surface area contributed by atoms with E-state index in [0.717, 1.165) is 29.8 Å². The fourth-order valence-corrected chi connectivity index (χ4v) is 2.15. The third kappa shape index (κ3) is 1.85. The van der Waals surface area contributed by atoms with E-state index in [1.165, 1.54) is 0 Å². The third-order valence-electron chi connectivity index (χ3n) is 2.97. The minimum atomic E-state index is 0.611. The van der Waals surface area contributed by atoms with Gasteiger partial charge in [-0.2, -0.15) is 20.7 Å². The molecule has 1 aromatic carbocycles. The summed E-state index contributed by atoms with van der Waals surface area (Å²) in [6.45, 7) is 2.96. The topological polar surface area (TPSA) is 83.2 Å². The predicted molar refractivity (Wildman–Crippen MR) is 70.1 cm³/mol. The van der Waals surface area contributed by atoms with Crippen LogP contribution in [0.4, 0.5) is 0 Å². The van der Waals surface area contributed by atoms with Crippen molar-refractivity contribution >= 4 is 11.0 Å². The molecular formula is C13H12N6. The Morgan fingerprint density at radius 1 is 1.42 bits per heavy atom. The molecule has 94 valence electrons. The molecule has 3 rings (SSSR count). The first-order chi connectivity index (χ1) is 9.33. The highest BCUT2D eigenvalue weighted by molar-refractivity contribution is 5.81. The molecular weight excluding hydrogens is 240 g/mol. The summed E-state index contributed by atoms with van der Waals surface area (Å²) in [7, 11) is 0. The zero-order valence-electron chi connectivity index (χ0n) is 10.5. The quantitative estimate of drug-likeness (QED) is 0.773. The monoisotopic (exact) mass is 252 g/mol. The summed E-state index contributed by atoms with van der Waals surface area (Å²) in [5, 5.41) is 19.5. The van der Waals surface area contributed by atoms with Gasteiger partial charge >= 0.3 is 0 Å². The van der Waals surface area contributed by atoms with Crippen molar-refractivity contribution < 1.29 is 0 Å². The summed E-state index contributed by atoms with van der Waals surface area (Å²) in [6.07, 6.45) is 2.65. The average Bonchev–Trinajstić information content (AvgIpc) is 3.06. The number of benzene rings is 1. The molecule has 6 nitrogen and oxygen atoms in total. The van der Waals surface area contributed by atoms with Gasteiger partial charge in [-0.1, -0.05) is 6.92 Å². The van der Waals surface area contributed by atoms with Gasteiger partial charge in [0.15, 0.2) is 5.82 Å². The zero-order chi connectivity index (χ0) is 13.2. The molecule has 2 aromatic heterocycles. The van der Waals surface area contributed by atoms with Gasteiger partial charge in [0.05, 0.1) is 28.9 Å². The van der Waals surface area contributed by atoms with Gasteiger partial charge in [0.1, 0.15) is 5.69 Å². The zero-order valence-corrected chi connectivity index (χ0v) is 10.5. The molecule has 0 unspecified atom stereocenters. The Bertz CT molecular complexity index is 747. The van der Waals surface area contributed by atoms with Crippen molar-refractivity contribution in [3.05, 3.63) is 30.0 Å². The van der Waals surface area contributed by atoms with Crippen molar-refractivity contribution in [3.8, 4) is 17.6 Å². The molecule has 19 heavy (non-hydrogen) atoms. The largest absolute Gasteiger partial charge is 0.323 e. The van der Waals surface area contributed by atoms with Crippen LogP contribution < -0.4 is 0 Å². The van der Waals surface area contributed by atoms with Crippen LogP contribution in [0.2, 0.25) is 0 Å². The van der Waals surface area contributed by atoms with E-state index in [0.29, 0.717) is 11.3 Å². The molecule has 2 heterocycles. The summed E-state index contributed by atoms with van der Waals surface area (Å²) in [5.74, 6) is 0.778. The van der Waals surface area contributed by atoms with Crippen molar-refractivity contribution in [2.24, 2.45) is 0 Å². The van der Waals surface area contributed by atoms with Crippen LogP contribution in [0, 0.1) is 11.3 Å². The Balaban J connectivity index is 2.26. The number of rotatable bonds is 3. The molecule has 0 bridgehead atoms. The molecule has 0 spiro atoms. The first-order valence-electron chi connectivity index (χ1n) is 6.10. The molecule has 0 radical (unpaired) electrons. The number of H-pyrrole nitrogens is 1. The Kier molecular flexibility index (Phi) is 2.72. The van der Waals surface area contributed by atoms with E-state index in [-0.39, 0.29) is 0 Å². The number of nitrogens with one attached hydrogen (secondary N) is 1. The van der Waals surface area contributed by atoms with Crippen LogP contribution in [0.25, 0.3) is 22.6 Å². The van der Waals surface area contributed by atoms with E-state index in [9.17, 15) is 0 Å². The maximum atomic E-state index is 8.95. The highest BCUT2D eigenvalue weighted by Crippen LogP contribution is 2.24. The first kappa shape index (κ1) is 11.4. The van der Waals surface area contributed by atoms with Crippen LogP contribution in [0.3, 0.4) is 0 Å². The predicted octanol–water partition coefficient (Wildman–Crippen LogP) is 2.10. The van der Waals surface area contributed by atoms with Gasteiger partial charge < -0.3 is 4.57 Å². The lowest BCUT2D eigenvalue weighted by Gasteiger charge is -2.05. The van der Waals surface area contributed by atoms with E-state index >= 15 is 0 Å². The highest BCUT2D eigenvalue weighted by Gasteiger charge is 2.14.